The summed E-state index contributed by atoms with van der Waals surface area (Å²) < 4.78 is 9.38. The first kappa shape index (κ1) is 12.6. The summed E-state index contributed by atoms with van der Waals surface area (Å²) in [6.07, 6.45) is -0.288. The molecule has 2 unspecified atom stereocenters. The minimum Gasteiger partial charge on any atom is -0.403 e. The minimum atomic E-state index is -1.19. The molecule has 0 saturated carbocycles. The highest BCUT2D eigenvalue weighted by atomic mass is 32.2. The van der Waals surface area contributed by atoms with Gasteiger partial charge in [0, 0.05) is 13.1 Å². The van der Waals surface area contributed by atoms with Gasteiger partial charge in [0.1, 0.15) is 6.42 Å². The quantitative estimate of drug-likeness (QED) is 0.460. The summed E-state index contributed by atoms with van der Waals surface area (Å²) >= 11 is 2.80. The first-order valence-corrected chi connectivity index (χ1v) is 7.45. The van der Waals surface area contributed by atoms with Gasteiger partial charge in [-0.3, -0.25) is 19.4 Å². The number of carbonyl (C=O) groups is 2. The van der Waals surface area contributed by atoms with Crippen molar-refractivity contribution in [2.75, 3.05) is 27.2 Å². The minimum absolute atomic E-state index is 0.160. The molecule has 3 saturated heterocycles. The molecule has 3 aliphatic heterocycles. The van der Waals surface area contributed by atoms with E-state index in [-0.39, 0.29) is 17.2 Å². The lowest BCUT2D eigenvalue weighted by molar-refractivity contribution is -0.193. The molecule has 0 radical (unpaired) electrons. The fourth-order valence-electron chi connectivity index (χ4n) is 2.21. The first-order chi connectivity index (χ1) is 8.49. The average Bonchev–Trinajstić information content (AvgIpc) is 2.62. The number of ether oxygens (including phenoxy) is 2. The van der Waals surface area contributed by atoms with Gasteiger partial charge in [0.05, 0.1) is 10.7 Å². The van der Waals surface area contributed by atoms with Crippen molar-refractivity contribution in [3.8, 4) is 0 Å². The molecular weight excluding hydrogens is 276 g/mol. The van der Waals surface area contributed by atoms with E-state index in [1.807, 2.05) is 14.1 Å². The lowest BCUT2D eigenvalue weighted by Crippen LogP contribution is -2.52. The van der Waals surface area contributed by atoms with E-state index < -0.39 is 16.4 Å². The summed E-state index contributed by atoms with van der Waals surface area (Å²) in [4.78, 5) is 27.3. The van der Waals surface area contributed by atoms with Gasteiger partial charge in [0.25, 0.3) is 0 Å². The molecule has 3 aliphatic rings. The Bertz CT molecular complexity index is 369. The van der Waals surface area contributed by atoms with Crippen LogP contribution in [0.2, 0.25) is 0 Å². The Hall–Kier alpha value is -0.440. The molecule has 2 atom stereocenters. The van der Waals surface area contributed by atoms with Crippen LogP contribution >= 0.6 is 23.5 Å². The Morgan fingerprint density at radius 3 is 1.94 bits per heavy atom. The molecule has 3 rings (SSSR count). The summed E-state index contributed by atoms with van der Waals surface area (Å²) in [5.74, 6) is -1.01. The summed E-state index contributed by atoms with van der Waals surface area (Å²) in [5.41, 5.74) is 0. The monoisotopic (exact) mass is 290 g/mol. The maximum absolute atomic E-state index is 11.4. The predicted molar refractivity (Wildman–Crippen MR) is 67.6 cm³/mol. The number of hydrogen-bond donors (Lipinski definition) is 0. The normalized spacial score (nSPS) is 36.3. The molecule has 0 N–H and O–H groups in total. The molecule has 8 heteroatoms. The van der Waals surface area contributed by atoms with Crippen LogP contribution in [0.3, 0.4) is 0 Å². The topological polar surface area (TPSA) is 59.1 Å². The van der Waals surface area contributed by atoms with E-state index >= 15 is 0 Å². The van der Waals surface area contributed by atoms with Crippen LogP contribution in [-0.2, 0) is 19.1 Å². The maximum Gasteiger partial charge on any atom is 0.361 e. The fourth-order valence-corrected chi connectivity index (χ4v) is 5.73. The number of nitrogens with zero attached hydrogens (tertiary/aromatic N) is 2. The summed E-state index contributed by atoms with van der Waals surface area (Å²) in [6.45, 7) is 1.90. The van der Waals surface area contributed by atoms with Crippen LogP contribution in [0.1, 0.15) is 6.42 Å². The molecule has 0 amide bonds. The lowest BCUT2D eigenvalue weighted by atomic mass is 10.3. The molecule has 3 heterocycles. The number of piperazine rings is 1. The molecule has 18 heavy (non-hydrogen) atoms. The number of likely N-dealkylation sites (N-methyl/N-ethyl adjacent to an activating group) is 2. The number of fused-ring (bicyclic) bond motifs is 1. The summed E-state index contributed by atoms with van der Waals surface area (Å²) in [6, 6.07) is 0. The van der Waals surface area contributed by atoms with Crippen LogP contribution in [0.15, 0.2) is 0 Å². The van der Waals surface area contributed by atoms with Gasteiger partial charge in [-0.25, -0.2) is 0 Å². The molecule has 0 aromatic carbocycles. The highest BCUT2D eigenvalue weighted by Gasteiger charge is 2.58. The lowest BCUT2D eigenvalue weighted by Gasteiger charge is -2.38. The van der Waals surface area contributed by atoms with E-state index in [0.717, 1.165) is 13.1 Å². The highest BCUT2D eigenvalue weighted by Crippen LogP contribution is 2.57. The standard InChI is InChI=1S/C10H14N2O4S2/c1-11-3-4-12(2)9-8(11)17-10(18-9)15-6(13)5-7(14)16-10/h8-9H,3-5H2,1-2H3. The predicted octanol–water partition coefficient (Wildman–Crippen LogP) is 0.0972. The number of carbonyl (C=O) groups excluding carboxylic acids is 2. The van der Waals surface area contributed by atoms with Crippen molar-refractivity contribution in [2.24, 2.45) is 0 Å². The molecule has 1 spiro atoms. The van der Waals surface area contributed by atoms with Crippen LogP contribution in [0.5, 0.6) is 0 Å². The molecule has 0 aliphatic carbocycles. The molecule has 100 valence electrons. The summed E-state index contributed by atoms with van der Waals surface area (Å²) in [7, 11) is 4.06. The second kappa shape index (κ2) is 4.29. The zero-order valence-corrected chi connectivity index (χ0v) is 11.8. The van der Waals surface area contributed by atoms with Gasteiger partial charge in [-0.15, -0.1) is 0 Å². The Morgan fingerprint density at radius 2 is 1.50 bits per heavy atom. The van der Waals surface area contributed by atoms with Gasteiger partial charge in [-0.05, 0) is 37.6 Å². The van der Waals surface area contributed by atoms with Gasteiger partial charge >= 0.3 is 16.4 Å². The van der Waals surface area contributed by atoms with Gasteiger partial charge in [-0.2, -0.15) is 0 Å². The van der Waals surface area contributed by atoms with Crippen LogP contribution in [0.25, 0.3) is 0 Å². The van der Waals surface area contributed by atoms with Crippen molar-refractivity contribution in [1.29, 1.82) is 0 Å². The van der Waals surface area contributed by atoms with Crippen molar-refractivity contribution in [3.63, 3.8) is 0 Å². The van der Waals surface area contributed by atoms with Crippen LogP contribution < -0.4 is 0 Å². The third kappa shape index (κ3) is 2.01. The van der Waals surface area contributed by atoms with Crippen LogP contribution in [0, 0.1) is 0 Å². The molecular formula is C10H14N2O4S2. The Morgan fingerprint density at radius 1 is 1.06 bits per heavy atom. The third-order valence-electron chi connectivity index (χ3n) is 3.21. The number of hydrogen-bond acceptors (Lipinski definition) is 8. The van der Waals surface area contributed by atoms with Crippen molar-refractivity contribution in [2.45, 2.75) is 21.6 Å². The van der Waals surface area contributed by atoms with Gasteiger partial charge in [-0.1, -0.05) is 0 Å². The zero-order chi connectivity index (χ0) is 12.9. The van der Waals surface area contributed by atoms with E-state index in [1.165, 1.54) is 23.5 Å². The smallest absolute Gasteiger partial charge is 0.361 e. The molecule has 0 aromatic rings. The van der Waals surface area contributed by atoms with Crippen molar-refractivity contribution in [3.05, 3.63) is 0 Å². The number of esters is 2. The zero-order valence-electron chi connectivity index (χ0n) is 10.1. The highest BCUT2D eigenvalue weighted by molar-refractivity contribution is 8.21. The van der Waals surface area contributed by atoms with Crippen molar-refractivity contribution in [1.82, 2.24) is 9.80 Å². The number of thioether (sulfide) groups is 2. The van der Waals surface area contributed by atoms with Crippen LogP contribution in [-0.4, -0.2) is 64.1 Å². The molecule has 0 bridgehead atoms. The second-order valence-corrected chi connectivity index (χ2v) is 7.37. The number of rotatable bonds is 0. The fraction of sp³-hybridized carbons (Fsp3) is 0.800. The van der Waals surface area contributed by atoms with E-state index in [9.17, 15) is 9.59 Å². The molecule has 0 aromatic heterocycles. The Kier molecular flexibility index (Phi) is 3.00. The Balaban J connectivity index is 1.84. The van der Waals surface area contributed by atoms with E-state index in [0.29, 0.717) is 0 Å². The third-order valence-corrected chi connectivity index (χ3v) is 6.59. The largest absolute Gasteiger partial charge is 0.403 e. The second-order valence-electron chi connectivity index (χ2n) is 4.60. The average molecular weight is 290 g/mol. The van der Waals surface area contributed by atoms with E-state index in [4.69, 9.17) is 9.47 Å². The van der Waals surface area contributed by atoms with Crippen molar-refractivity contribution < 1.29 is 19.1 Å². The first-order valence-electron chi connectivity index (χ1n) is 5.69. The van der Waals surface area contributed by atoms with Crippen molar-refractivity contribution >= 4 is 35.5 Å². The van der Waals surface area contributed by atoms with Crippen LogP contribution in [0.4, 0.5) is 0 Å². The van der Waals surface area contributed by atoms with Gasteiger partial charge in [0.2, 0.25) is 0 Å². The van der Waals surface area contributed by atoms with E-state index in [1.54, 1.807) is 0 Å². The maximum atomic E-state index is 11.4. The molecule has 6 nitrogen and oxygen atoms in total. The SMILES string of the molecule is CN1CCN(C)C2SC3(OC(=O)CC(=O)O3)SC21. The molecule has 3 fully saturated rings. The Labute approximate surface area is 113 Å². The van der Waals surface area contributed by atoms with Gasteiger partial charge in [0.15, 0.2) is 0 Å². The summed E-state index contributed by atoms with van der Waals surface area (Å²) in [5, 5.41) is 0.319. The van der Waals surface area contributed by atoms with E-state index in [2.05, 4.69) is 9.80 Å². The van der Waals surface area contributed by atoms with Gasteiger partial charge < -0.3 is 9.47 Å².